The Labute approximate surface area is 164 Å². The number of carbonyl (C=O) groups is 1. The first-order chi connectivity index (χ1) is 13.6. The molecule has 0 saturated carbocycles. The SMILES string of the molecule is CCC(=O)c1ccc(OCc2nc(N)nc(Nc3ccccc3CC)n2)cc1. The van der Waals surface area contributed by atoms with Gasteiger partial charge in [0, 0.05) is 17.7 Å². The van der Waals surface area contributed by atoms with Crippen LogP contribution in [-0.2, 0) is 13.0 Å². The van der Waals surface area contributed by atoms with Crippen LogP contribution >= 0.6 is 0 Å². The molecule has 0 fully saturated rings. The van der Waals surface area contributed by atoms with Crippen molar-refractivity contribution in [3.05, 3.63) is 65.5 Å². The van der Waals surface area contributed by atoms with E-state index in [0.29, 0.717) is 29.5 Å². The zero-order chi connectivity index (χ0) is 19.9. The fourth-order valence-electron chi connectivity index (χ4n) is 2.72. The van der Waals surface area contributed by atoms with Crippen LogP contribution in [0.4, 0.5) is 17.6 Å². The number of aromatic nitrogens is 3. The van der Waals surface area contributed by atoms with E-state index >= 15 is 0 Å². The van der Waals surface area contributed by atoms with E-state index in [9.17, 15) is 4.79 Å². The minimum Gasteiger partial charge on any atom is -0.486 e. The number of nitrogens with one attached hydrogen (secondary N) is 1. The van der Waals surface area contributed by atoms with Crippen molar-refractivity contribution in [2.75, 3.05) is 11.1 Å². The second kappa shape index (κ2) is 8.94. The van der Waals surface area contributed by atoms with Crippen LogP contribution in [0, 0.1) is 0 Å². The second-order valence-corrected chi connectivity index (χ2v) is 6.16. The third kappa shape index (κ3) is 4.82. The van der Waals surface area contributed by atoms with E-state index in [1.807, 2.05) is 31.2 Å². The molecule has 3 N–H and O–H groups in total. The van der Waals surface area contributed by atoms with Crippen molar-refractivity contribution in [3.63, 3.8) is 0 Å². The summed E-state index contributed by atoms with van der Waals surface area (Å²) in [6, 6.07) is 15.0. The van der Waals surface area contributed by atoms with Crippen molar-refractivity contribution in [3.8, 4) is 5.75 Å². The molecule has 0 aliphatic heterocycles. The molecular weight excluding hydrogens is 354 g/mol. The lowest BCUT2D eigenvalue weighted by Crippen LogP contribution is -2.10. The lowest BCUT2D eigenvalue weighted by molar-refractivity contribution is 0.0988. The molecule has 0 unspecified atom stereocenters. The zero-order valence-electron chi connectivity index (χ0n) is 16.0. The van der Waals surface area contributed by atoms with E-state index in [-0.39, 0.29) is 18.3 Å². The van der Waals surface area contributed by atoms with Gasteiger partial charge in [0.05, 0.1) is 0 Å². The predicted octanol–water partition coefficient (Wildman–Crippen LogP) is 3.93. The molecule has 28 heavy (non-hydrogen) atoms. The summed E-state index contributed by atoms with van der Waals surface area (Å²) in [5, 5.41) is 3.19. The summed E-state index contributed by atoms with van der Waals surface area (Å²) in [6.07, 6.45) is 1.36. The molecule has 0 amide bonds. The fourth-order valence-corrected chi connectivity index (χ4v) is 2.72. The van der Waals surface area contributed by atoms with E-state index in [1.54, 1.807) is 24.3 Å². The van der Waals surface area contributed by atoms with Gasteiger partial charge < -0.3 is 15.8 Å². The van der Waals surface area contributed by atoms with Gasteiger partial charge in [-0.2, -0.15) is 15.0 Å². The average Bonchev–Trinajstić information content (AvgIpc) is 2.72. The Morgan fingerprint density at radius 3 is 2.50 bits per heavy atom. The minimum atomic E-state index is 0.0971. The van der Waals surface area contributed by atoms with E-state index in [4.69, 9.17) is 10.5 Å². The van der Waals surface area contributed by atoms with Crippen molar-refractivity contribution in [1.29, 1.82) is 0 Å². The molecule has 7 nitrogen and oxygen atoms in total. The van der Waals surface area contributed by atoms with Crippen LogP contribution < -0.4 is 15.8 Å². The van der Waals surface area contributed by atoms with Crippen molar-refractivity contribution in [2.24, 2.45) is 0 Å². The molecule has 0 aliphatic rings. The number of anilines is 3. The Morgan fingerprint density at radius 1 is 1.04 bits per heavy atom. The molecule has 1 heterocycles. The molecule has 0 radical (unpaired) electrons. The van der Waals surface area contributed by atoms with E-state index in [1.165, 1.54) is 0 Å². The number of aryl methyl sites for hydroxylation is 1. The smallest absolute Gasteiger partial charge is 0.232 e. The van der Waals surface area contributed by atoms with E-state index in [0.717, 1.165) is 17.7 Å². The van der Waals surface area contributed by atoms with Gasteiger partial charge in [0.15, 0.2) is 11.6 Å². The van der Waals surface area contributed by atoms with Gasteiger partial charge in [-0.25, -0.2) is 0 Å². The molecule has 3 rings (SSSR count). The van der Waals surface area contributed by atoms with Crippen LogP contribution in [0.1, 0.15) is 42.0 Å². The first kappa shape index (κ1) is 19.3. The van der Waals surface area contributed by atoms with Crippen LogP contribution in [0.15, 0.2) is 48.5 Å². The zero-order valence-corrected chi connectivity index (χ0v) is 16.0. The number of hydrogen-bond donors (Lipinski definition) is 2. The van der Waals surface area contributed by atoms with E-state index < -0.39 is 0 Å². The summed E-state index contributed by atoms with van der Waals surface area (Å²) < 4.78 is 5.72. The topological polar surface area (TPSA) is 103 Å². The Bertz CT molecular complexity index is 957. The van der Waals surface area contributed by atoms with Gasteiger partial charge in [-0.15, -0.1) is 0 Å². The standard InChI is InChI=1S/C21H23N5O2/c1-3-14-7-5-6-8-17(14)23-21-25-19(24-20(22)26-21)13-28-16-11-9-15(10-12-16)18(27)4-2/h5-12H,3-4,13H2,1-2H3,(H3,22,23,24,25,26). The Balaban J connectivity index is 1.70. The molecule has 0 spiro atoms. The molecular formula is C21H23N5O2. The maximum Gasteiger partial charge on any atom is 0.232 e. The van der Waals surface area contributed by atoms with Gasteiger partial charge in [0.2, 0.25) is 11.9 Å². The summed E-state index contributed by atoms with van der Waals surface area (Å²) in [5.74, 6) is 1.62. The van der Waals surface area contributed by atoms with Crippen LogP contribution in [-0.4, -0.2) is 20.7 Å². The second-order valence-electron chi connectivity index (χ2n) is 6.16. The number of para-hydroxylation sites is 1. The summed E-state index contributed by atoms with van der Waals surface area (Å²) in [4.78, 5) is 24.4. The van der Waals surface area contributed by atoms with Gasteiger partial charge in [0.25, 0.3) is 0 Å². The maximum atomic E-state index is 11.7. The summed E-state index contributed by atoms with van der Waals surface area (Å²) in [6.45, 7) is 4.06. The molecule has 1 aromatic heterocycles. The quantitative estimate of drug-likeness (QED) is 0.573. The Morgan fingerprint density at radius 2 is 1.79 bits per heavy atom. The number of benzene rings is 2. The number of nitrogen functional groups attached to an aromatic ring is 1. The van der Waals surface area contributed by atoms with Crippen LogP contribution in [0.3, 0.4) is 0 Å². The largest absolute Gasteiger partial charge is 0.486 e. The number of ketones is 1. The predicted molar refractivity (Wildman–Crippen MR) is 109 cm³/mol. The highest BCUT2D eigenvalue weighted by Gasteiger charge is 2.08. The molecule has 144 valence electrons. The molecule has 2 aromatic carbocycles. The van der Waals surface area contributed by atoms with Gasteiger partial charge >= 0.3 is 0 Å². The van der Waals surface area contributed by atoms with Crippen molar-refractivity contribution in [2.45, 2.75) is 33.3 Å². The van der Waals surface area contributed by atoms with Crippen molar-refractivity contribution >= 4 is 23.4 Å². The van der Waals surface area contributed by atoms with E-state index in [2.05, 4.69) is 27.2 Å². The monoisotopic (exact) mass is 377 g/mol. The van der Waals surface area contributed by atoms with Crippen molar-refractivity contribution < 1.29 is 9.53 Å². The van der Waals surface area contributed by atoms with Gasteiger partial charge in [-0.05, 0) is 42.3 Å². The number of hydrogen-bond acceptors (Lipinski definition) is 7. The first-order valence-corrected chi connectivity index (χ1v) is 9.20. The van der Waals surface area contributed by atoms with Gasteiger partial charge in [-0.3, -0.25) is 4.79 Å². The highest BCUT2D eigenvalue weighted by molar-refractivity contribution is 5.95. The molecule has 0 atom stereocenters. The van der Waals surface area contributed by atoms with Crippen LogP contribution in [0.25, 0.3) is 0 Å². The minimum absolute atomic E-state index is 0.0971. The number of Topliss-reactive ketones (excluding diaryl/α,β-unsaturated/α-hetero) is 1. The normalized spacial score (nSPS) is 10.5. The molecule has 7 heteroatoms. The summed E-state index contributed by atoms with van der Waals surface area (Å²) in [5.41, 5.74) is 8.58. The number of ether oxygens (including phenoxy) is 1. The summed E-state index contributed by atoms with van der Waals surface area (Å²) in [7, 11) is 0. The Hall–Kier alpha value is -3.48. The van der Waals surface area contributed by atoms with Crippen LogP contribution in [0.5, 0.6) is 5.75 Å². The highest BCUT2D eigenvalue weighted by Crippen LogP contribution is 2.20. The number of rotatable bonds is 8. The lowest BCUT2D eigenvalue weighted by atomic mass is 10.1. The van der Waals surface area contributed by atoms with Gasteiger partial charge in [-0.1, -0.05) is 32.0 Å². The molecule has 0 saturated heterocycles. The summed E-state index contributed by atoms with van der Waals surface area (Å²) >= 11 is 0. The third-order valence-electron chi connectivity index (χ3n) is 4.21. The number of nitrogens with two attached hydrogens (primary N) is 1. The highest BCUT2D eigenvalue weighted by atomic mass is 16.5. The van der Waals surface area contributed by atoms with Gasteiger partial charge in [0.1, 0.15) is 12.4 Å². The average molecular weight is 377 g/mol. The molecule has 3 aromatic rings. The Kier molecular flexibility index (Phi) is 6.16. The number of nitrogens with zero attached hydrogens (tertiary/aromatic N) is 3. The third-order valence-corrected chi connectivity index (χ3v) is 4.21. The lowest BCUT2D eigenvalue weighted by Gasteiger charge is -2.11. The van der Waals surface area contributed by atoms with Crippen molar-refractivity contribution in [1.82, 2.24) is 15.0 Å². The maximum absolute atomic E-state index is 11.7. The fraction of sp³-hybridized carbons (Fsp3) is 0.238. The molecule has 0 bridgehead atoms. The number of carbonyl (C=O) groups excluding carboxylic acids is 1. The first-order valence-electron chi connectivity index (χ1n) is 9.20. The van der Waals surface area contributed by atoms with Crippen LogP contribution in [0.2, 0.25) is 0 Å². The molecule has 0 aliphatic carbocycles.